The van der Waals surface area contributed by atoms with Crippen LogP contribution in [0.2, 0.25) is 0 Å². The van der Waals surface area contributed by atoms with Crippen LogP contribution >= 0.6 is 0 Å². The fourth-order valence-corrected chi connectivity index (χ4v) is 9.23. The van der Waals surface area contributed by atoms with E-state index in [1.807, 2.05) is 54.6 Å². The third kappa shape index (κ3) is 6.96. The first-order chi connectivity index (χ1) is 24.4. The lowest BCUT2D eigenvalue weighted by atomic mass is 9.67. The summed E-state index contributed by atoms with van der Waals surface area (Å²) in [5, 5.41) is 14.1. The first-order valence-electron chi connectivity index (χ1n) is 18.5. The summed E-state index contributed by atoms with van der Waals surface area (Å²) >= 11 is 0. The molecule has 0 aliphatic carbocycles. The van der Waals surface area contributed by atoms with Crippen molar-refractivity contribution >= 4 is 17.7 Å². The van der Waals surface area contributed by atoms with Crippen molar-refractivity contribution in [1.29, 1.82) is 0 Å². The zero-order valence-electron chi connectivity index (χ0n) is 29.0. The van der Waals surface area contributed by atoms with Gasteiger partial charge in [0.15, 0.2) is 0 Å². The van der Waals surface area contributed by atoms with E-state index >= 15 is 0 Å². The number of likely N-dealkylation sites (tertiary alicyclic amines) is 2. The molecule has 3 aromatic rings. The van der Waals surface area contributed by atoms with Crippen LogP contribution in [-0.4, -0.2) is 114 Å². The van der Waals surface area contributed by atoms with Crippen LogP contribution in [0.5, 0.6) is 0 Å². The number of nitrogens with zero attached hydrogens (tertiary/aromatic N) is 3. The summed E-state index contributed by atoms with van der Waals surface area (Å²) in [7, 11) is 0. The Hall–Kier alpha value is -4.05. The van der Waals surface area contributed by atoms with Gasteiger partial charge in [-0.2, -0.15) is 0 Å². The number of piperidine rings is 1. The number of amides is 3. The molecule has 7 rings (SSSR count). The van der Waals surface area contributed by atoms with E-state index < -0.39 is 23.6 Å². The van der Waals surface area contributed by atoms with E-state index in [4.69, 9.17) is 4.74 Å². The predicted octanol–water partition coefficient (Wildman–Crippen LogP) is 3.74. The van der Waals surface area contributed by atoms with E-state index in [1.54, 1.807) is 9.80 Å². The van der Waals surface area contributed by atoms with Crippen molar-refractivity contribution in [3.8, 4) is 0 Å². The molecule has 0 aromatic heterocycles. The number of ether oxygens (including phenoxy) is 1. The first-order valence-corrected chi connectivity index (χ1v) is 18.5. The van der Waals surface area contributed by atoms with Gasteiger partial charge in [-0.15, -0.1) is 0 Å². The van der Waals surface area contributed by atoms with Crippen molar-refractivity contribution in [1.82, 2.24) is 15.1 Å². The van der Waals surface area contributed by atoms with Gasteiger partial charge in [0.1, 0.15) is 25.2 Å². The predicted molar refractivity (Wildman–Crippen MR) is 191 cm³/mol. The summed E-state index contributed by atoms with van der Waals surface area (Å²) < 4.78 is 6.71. The number of hydrogen-bond acceptors (Lipinski definition) is 5. The molecule has 0 radical (unpaired) electrons. The minimum absolute atomic E-state index is 0.0823. The Morgan fingerprint density at radius 3 is 1.98 bits per heavy atom. The highest BCUT2D eigenvalue weighted by Gasteiger charge is 2.47. The van der Waals surface area contributed by atoms with E-state index in [2.05, 4.69) is 41.7 Å². The van der Waals surface area contributed by atoms with Crippen LogP contribution in [0.1, 0.15) is 55.2 Å². The molecular weight excluding hydrogens is 628 g/mol. The van der Waals surface area contributed by atoms with Crippen LogP contribution in [0.25, 0.3) is 0 Å². The van der Waals surface area contributed by atoms with Crippen molar-refractivity contribution in [2.75, 3.05) is 59.0 Å². The summed E-state index contributed by atoms with van der Waals surface area (Å²) in [6.45, 7) is 7.11. The van der Waals surface area contributed by atoms with E-state index in [9.17, 15) is 19.5 Å². The first kappa shape index (κ1) is 34.4. The van der Waals surface area contributed by atoms with Gasteiger partial charge in [0, 0.05) is 38.4 Å². The standard InChI is InChI=1S/C41H50N4O5/c46-35-26-37(40(49)43-20-10-19-36(43)39(48)42-28-31-12-11-21-45(30-31)22-24-50-25-23-45)44(29-35)38(47)27-41(32-13-4-1-5-14-32,33-15-6-2-7-16-33)34-17-8-3-9-18-34/h1-9,13-18,31,35-37,46H,10-12,19-30H2/p+1/t31-,35-,36-,37+/m1/s1. The van der Waals surface area contributed by atoms with Crippen LogP contribution in [0, 0.1) is 5.92 Å². The molecule has 3 aromatic carbocycles. The van der Waals surface area contributed by atoms with Crippen molar-refractivity contribution in [2.45, 2.75) is 62.1 Å². The van der Waals surface area contributed by atoms with Gasteiger partial charge in [0.05, 0.1) is 37.8 Å². The van der Waals surface area contributed by atoms with Gasteiger partial charge in [-0.05, 0) is 42.4 Å². The second kappa shape index (κ2) is 15.1. The minimum atomic E-state index is -0.824. The molecule has 0 bridgehead atoms. The van der Waals surface area contributed by atoms with Crippen molar-refractivity contribution in [3.63, 3.8) is 0 Å². The number of nitrogens with one attached hydrogen (secondary N) is 1. The number of morpholine rings is 1. The Bertz CT molecular complexity index is 1510. The quantitative estimate of drug-likeness (QED) is 0.266. The third-order valence-corrected chi connectivity index (χ3v) is 11.8. The maximum Gasteiger partial charge on any atom is 0.246 e. The zero-order valence-corrected chi connectivity index (χ0v) is 29.0. The Balaban J connectivity index is 1.09. The topological polar surface area (TPSA) is 99.2 Å². The highest BCUT2D eigenvalue weighted by molar-refractivity contribution is 5.93. The lowest BCUT2D eigenvalue weighted by Crippen LogP contribution is -2.60. The summed E-state index contributed by atoms with van der Waals surface area (Å²) in [5.41, 5.74) is 2.11. The highest BCUT2D eigenvalue weighted by Crippen LogP contribution is 2.43. The fourth-order valence-electron chi connectivity index (χ4n) is 9.23. The van der Waals surface area contributed by atoms with E-state index in [1.165, 1.54) is 6.54 Å². The second-order valence-corrected chi connectivity index (χ2v) is 14.9. The number of carbonyl (C=O) groups excluding carboxylic acids is 3. The van der Waals surface area contributed by atoms with Crippen molar-refractivity contribution < 1.29 is 28.7 Å². The minimum Gasteiger partial charge on any atom is -0.391 e. The van der Waals surface area contributed by atoms with Crippen molar-refractivity contribution in [2.24, 2.45) is 5.92 Å². The smallest absolute Gasteiger partial charge is 0.246 e. The van der Waals surface area contributed by atoms with Crippen molar-refractivity contribution in [3.05, 3.63) is 108 Å². The summed E-state index contributed by atoms with van der Waals surface area (Å²) in [6, 6.07) is 28.8. The van der Waals surface area contributed by atoms with Gasteiger partial charge < -0.3 is 29.4 Å². The normalized spacial score (nSPS) is 25.1. The SMILES string of the molecule is O=C(NC[C@H]1CCC[N+]2(CCOCC2)C1)[C@H]1CCCN1C(=O)[C@@H]1C[C@@H](O)CN1C(=O)CC(c1ccccc1)(c1ccccc1)c1ccccc1. The van der Waals surface area contributed by atoms with Crippen LogP contribution in [-0.2, 0) is 24.5 Å². The van der Waals surface area contributed by atoms with Crippen LogP contribution in [0.4, 0.5) is 0 Å². The highest BCUT2D eigenvalue weighted by atomic mass is 16.5. The summed E-state index contributed by atoms with van der Waals surface area (Å²) in [5.74, 6) is -0.141. The number of aliphatic hydroxyl groups is 1. The molecule has 2 N–H and O–H groups in total. The molecule has 4 heterocycles. The number of rotatable bonds is 9. The van der Waals surface area contributed by atoms with Gasteiger partial charge in [-0.1, -0.05) is 91.0 Å². The van der Waals surface area contributed by atoms with E-state index in [0.717, 1.165) is 73.3 Å². The van der Waals surface area contributed by atoms with Gasteiger partial charge in [-0.25, -0.2) is 0 Å². The van der Waals surface area contributed by atoms with Gasteiger partial charge in [0.25, 0.3) is 0 Å². The molecule has 3 amide bonds. The number of hydrogen-bond donors (Lipinski definition) is 2. The van der Waals surface area contributed by atoms with E-state index in [0.29, 0.717) is 25.4 Å². The Morgan fingerprint density at radius 2 is 1.38 bits per heavy atom. The third-order valence-electron chi connectivity index (χ3n) is 11.8. The average molecular weight is 680 g/mol. The molecule has 1 spiro atoms. The summed E-state index contributed by atoms with van der Waals surface area (Å²) in [6.07, 6.45) is 3.02. The molecule has 4 saturated heterocycles. The molecule has 4 aliphatic rings. The Kier molecular flexibility index (Phi) is 10.4. The molecule has 50 heavy (non-hydrogen) atoms. The molecule has 0 saturated carbocycles. The number of quaternary nitrogens is 1. The van der Waals surface area contributed by atoms with Crippen LogP contribution in [0.3, 0.4) is 0 Å². The monoisotopic (exact) mass is 679 g/mol. The molecule has 0 unspecified atom stereocenters. The lowest BCUT2D eigenvalue weighted by molar-refractivity contribution is -0.942. The summed E-state index contributed by atoms with van der Waals surface area (Å²) in [4.78, 5) is 45.9. The zero-order chi connectivity index (χ0) is 34.6. The maximum atomic E-state index is 14.6. The number of carbonyl (C=O) groups is 3. The number of β-amino-alcohol motifs (C(OH)–C–C–N with tert-alkyl or cyclic N) is 1. The lowest BCUT2D eigenvalue weighted by Gasteiger charge is -2.46. The fraction of sp³-hybridized carbons (Fsp3) is 0.488. The van der Waals surface area contributed by atoms with Gasteiger partial charge in [0.2, 0.25) is 17.7 Å². The largest absolute Gasteiger partial charge is 0.391 e. The Morgan fingerprint density at radius 1 is 0.780 bits per heavy atom. The molecule has 4 fully saturated rings. The van der Waals surface area contributed by atoms with Gasteiger partial charge in [-0.3, -0.25) is 14.4 Å². The molecular formula is C41H51N4O5+. The molecule has 4 aliphatic heterocycles. The molecule has 4 atom stereocenters. The molecule has 264 valence electrons. The number of aliphatic hydroxyl groups excluding tert-OH is 1. The van der Waals surface area contributed by atoms with Crippen LogP contribution < -0.4 is 5.32 Å². The maximum absolute atomic E-state index is 14.6. The molecule has 9 nitrogen and oxygen atoms in total. The van der Waals surface area contributed by atoms with Crippen LogP contribution in [0.15, 0.2) is 91.0 Å². The number of benzene rings is 3. The Labute approximate surface area is 295 Å². The van der Waals surface area contributed by atoms with Gasteiger partial charge >= 0.3 is 0 Å². The molecule has 9 heteroatoms. The average Bonchev–Trinajstić information content (AvgIpc) is 3.82. The second-order valence-electron chi connectivity index (χ2n) is 14.9. The van der Waals surface area contributed by atoms with E-state index in [-0.39, 0.29) is 37.1 Å².